The number of thiophene rings is 1. The minimum atomic E-state index is -3.36. The Hall–Kier alpha value is -1.17. The molecule has 1 aromatic heterocycles. The molecule has 0 amide bonds. The summed E-state index contributed by atoms with van der Waals surface area (Å²) < 4.78 is 26.3. The molecule has 2 aromatic rings. The summed E-state index contributed by atoms with van der Waals surface area (Å²) in [5, 5.41) is 1.99. The maximum Gasteiger partial charge on any atom is 0.240 e. The van der Waals surface area contributed by atoms with Gasteiger partial charge in [-0.15, -0.1) is 11.3 Å². The maximum atomic E-state index is 11.9. The van der Waals surface area contributed by atoms with Crippen molar-refractivity contribution in [3.8, 4) is 0 Å². The van der Waals surface area contributed by atoms with Crippen LogP contribution in [0, 0.1) is 0 Å². The molecule has 17 heavy (non-hydrogen) atoms. The summed E-state index contributed by atoms with van der Waals surface area (Å²) in [6.07, 6.45) is 0.726. The van der Waals surface area contributed by atoms with E-state index in [1.54, 1.807) is 41.7 Å². The first-order chi connectivity index (χ1) is 8.18. The average molecular weight is 267 g/mol. The van der Waals surface area contributed by atoms with E-state index in [0.29, 0.717) is 11.4 Å². The Morgan fingerprint density at radius 3 is 2.47 bits per heavy atom. The Kier molecular flexibility index (Phi) is 3.93. The second-order valence-electron chi connectivity index (χ2n) is 3.54. The van der Waals surface area contributed by atoms with Gasteiger partial charge < -0.3 is 0 Å². The molecule has 0 bridgehead atoms. The summed E-state index contributed by atoms with van der Waals surface area (Å²) in [6.45, 7) is 0.428. The summed E-state index contributed by atoms with van der Waals surface area (Å²) in [7, 11) is -3.36. The van der Waals surface area contributed by atoms with E-state index in [-0.39, 0.29) is 0 Å². The van der Waals surface area contributed by atoms with Crippen LogP contribution in [0.1, 0.15) is 4.88 Å². The molecule has 0 atom stereocenters. The van der Waals surface area contributed by atoms with Crippen LogP contribution in [0.25, 0.3) is 0 Å². The highest BCUT2D eigenvalue weighted by Crippen LogP contribution is 2.10. The van der Waals surface area contributed by atoms with E-state index in [9.17, 15) is 8.42 Å². The van der Waals surface area contributed by atoms with Gasteiger partial charge in [-0.3, -0.25) is 0 Å². The van der Waals surface area contributed by atoms with Crippen molar-refractivity contribution >= 4 is 21.4 Å². The highest BCUT2D eigenvalue weighted by molar-refractivity contribution is 7.89. The Bertz CT molecular complexity index is 547. The second-order valence-corrected chi connectivity index (χ2v) is 6.34. The molecule has 5 heteroatoms. The van der Waals surface area contributed by atoms with Gasteiger partial charge in [0.15, 0.2) is 0 Å². The van der Waals surface area contributed by atoms with Gasteiger partial charge in [-0.1, -0.05) is 24.3 Å². The van der Waals surface area contributed by atoms with E-state index in [1.807, 2.05) is 17.5 Å². The summed E-state index contributed by atoms with van der Waals surface area (Å²) in [5.74, 6) is 0. The van der Waals surface area contributed by atoms with E-state index in [2.05, 4.69) is 4.72 Å². The van der Waals surface area contributed by atoms with Crippen LogP contribution in [0.15, 0.2) is 52.7 Å². The van der Waals surface area contributed by atoms with Crippen LogP contribution in [0.4, 0.5) is 0 Å². The lowest BCUT2D eigenvalue weighted by Gasteiger charge is -2.05. The fraction of sp³-hybridized carbons (Fsp3) is 0.167. The maximum absolute atomic E-state index is 11.9. The highest BCUT2D eigenvalue weighted by atomic mass is 32.2. The van der Waals surface area contributed by atoms with Crippen molar-refractivity contribution in [2.45, 2.75) is 11.3 Å². The number of sulfonamides is 1. The number of rotatable bonds is 5. The van der Waals surface area contributed by atoms with Crippen LogP contribution in [0.3, 0.4) is 0 Å². The lowest BCUT2D eigenvalue weighted by molar-refractivity contribution is 0.582. The zero-order valence-electron chi connectivity index (χ0n) is 9.17. The van der Waals surface area contributed by atoms with Gasteiger partial charge in [0.05, 0.1) is 4.90 Å². The fourth-order valence-corrected chi connectivity index (χ4v) is 3.21. The van der Waals surface area contributed by atoms with E-state index >= 15 is 0 Å². The zero-order valence-corrected chi connectivity index (χ0v) is 10.8. The third-order valence-electron chi connectivity index (χ3n) is 2.30. The largest absolute Gasteiger partial charge is 0.240 e. The van der Waals surface area contributed by atoms with Gasteiger partial charge in [0.25, 0.3) is 0 Å². The van der Waals surface area contributed by atoms with Gasteiger partial charge in [-0.05, 0) is 30.0 Å². The van der Waals surface area contributed by atoms with Gasteiger partial charge in [0.1, 0.15) is 0 Å². The molecule has 0 aliphatic heterocycles. The van der Waals surface area contributed by atoms with Crippen LogP contribution in [-0.4, -0.2) is 15.0 Å². The molecule has 1 heterocycles. The van der Waals surface area contributed by atoms with Crippen LogP contribution in [0.5, 0.6) is 0 Å². The van der Waals surface area contributed by atoms with Gasteiger partial charge in [-0.2, -0.15) is 0 Å². The molecule has 0 radical (unpaired) electrons. The number of nitrogens with one attached hydrogen (secondary N) is 1. The van der Waals surface area contributed by atoms with Crippen molar-refractivity contribution in [3.05, 3.63) is 52.7 Å². The predicted octanol–water partition coefficient (Wildman–Crippen LogP) is 2.27. The number of hydrogen-bond donors (Lipinski definition) is 1. The SMILES string of the molecule is O=S(=O)(NCCc1cccs1)c1ccccc1. The standard InChI is InChI=1S/C12H13NO2S2/c14-17(15,12-6-2-1-3-7-12)13-9-8-11-5-4-10-16-11/h1-7,10,13H,8-9H2. The predicted molar refractivity (Wildman–Crippen MR) is 69.7 cm³/mol. The van der Waals surface area contributed by atoms with E-state index in [1.165, 1.54) is 4.88 Å². The molecule has 0 aliphatic rings. The van der Waals surface area contributed by atoms with Gasteiger partial charge in [0, 0.05) is 11.4 Å². The Labute approximate surface area is 105 Å². The lowest BCUT2D eigenvalue weighted by Crippen LogP contribution is -2.25. The second kappa shape index (κ2) is 5.44. The molecule has 0 fully saturated rings. The average Bonchev–Trinajstić information content (AvgIpc) is 2.83. The minimum Gasteiger partial charge on any atom is -0.211 e. The molecule has 1 aromatic carbocycles. The molecule has 3 nitrogen and oxygen atoms in total. The third kappa shape index (κ3) is 3.39. The molecule has 2 rings (SSSR count). The topological polar surface area (TPSA) is 46.2 Å². The van der Waals surface area contributed by atoms with Crippen molar-refractivity contribution in [2.75, 3.05) is 6.54 Å². The number of benzene rings is 1. The first-order valence-corrected chi connectivity index (χ1v) is 7.62. The third-order valence-corrected chi connectivity index (χ3v) is 4.71. The van der Waals surface area contributed by atoms with Gasteiger partial charge >= 0.3 is 0 Å². The van der Waals surface area contributed by atoms with Gasteiger partial charge in [0.2, 0.25) is 10.0 Å². The first kappa shape index (κ1) is 12.3. The summed E-state index contributed by atoms with van der Waals surface area (Å²) >= 11 is 1.63. The summed E-state index contributed by atoms with van der Waals surface area (Å²) in [6, 6.07) is 12.4. The lowest BCUT2D eigenvalue weighted by atomic mass is 10.3. The molecule has 0 unspecified atom stereocenters. The van der Waals surface area contributed by atoms with Gasteiger partial charge in [-0.25, -0.2) is 13.1 Å². The normalized spacial score (nSPS) is 11.5. The van der Waals surface area contributed by atoms with E-state index in [0.717, 1.165) is 6.42 Å². The molecule has 0 saturated carbocycles. The van der Waals surface area contributed by atoms with Crippen LogP contribution in [0.2, 0.25) is 0 Å². The molecule has 0 spiro atoms. The van der Waals surface area contributed by atoms with Crippen molar-refractivity contribution in [3.63, 3.8) is 0 Å². The van der Waals surface area contributed by atoms with Crippen molar-refractivity contribution in [1.29, 1.82) is 0 Å². The van der Waals surface area contributed by atoms with Crippen molar-refractivity contribution in [1.82, 2.24) is 4.72 Å². The molecule has 90 valence electrons. The van der Waals surface area contributed by atoms with Crippen LogP contribution < -0.4 is 4.72 Å². The summed E-state index contributed by atoms with van der Waals surface area (Å²) in [5.41, 5.74) is 0. The Morgan fingerprint density at radius 1 is 1.06 bits per heavy atom. The van der Waals surface area contributed by atoms with Crippen LogP contribution >= 0.6 is 11.3 Å². The van der Waals surface area contributed by atoms with Crippen molar-refractivity contribution < 1.29 is 8.42 Å². The molecule has 0 saturated heterocycles. The minimum absolute atomic E-state index is 0.311. The monoisotopic (exact) mass is 267 g/mol. The molecular weight excluding hydrogens is 254 g/mol. The molecule has 0 aliphatic carbocycles. The Balaban J connectivity index is 1.95. The zero-order chi connectivity index (χ0) is 12.1. The smallest absolute Gasteiger partial charge is 0.211 e. The molecule has 1 N–H and O–H groups in total. The van der Waals surface area contributed by atoms with Crippen molar-refractivity contribution in [2.24, 2.45) is 0 Å². The first-order valence-electron chi connectivity index (χ1n) is 5.25. The highest BCUT2D eigenvalue weighted by Gasteiger charge is 2.11. The number of hydrogen-bond acceptors (Lipinski definition) is 3. The van der Waals surface area contributed by atoms with E-state index < -0.39 is 10.0 Å². The van der Waals surface area contributed by atoms with Crippen LogP contribution in [-0.2, 0) is 16.4 Å². The fourth-order valence-electron chi connectivity index (χ4n) is 1.45. The quantitative estimate of drug-likeness (QED) is 0.903. The van der Waals surface area contributed by atoms with E-state index in [4.69, 9.17) is 0 Å². The summed E-state index contributed by atoms with van der Waals surface area (Å²) in [4.78, 5) is 1.49. The Morgan fingerprint density at radius 2 is 1.82 bits per heavy atom. The molecular formula is C12H13NO2S2.